The van der Waals surface area contributed by atoms with Crippen LogP contribution in [0.1, 0.15) is 58.8 Å². The summed E-state index contributed by atoms with van der Waals surface area (Å²) in [5.41, 5.74) is -0.389. The highest BCUT2D eigenvalue weighted by Gasteiger charge is 2.68. The molecule has 0 radical (unpaired) electrons. The quantitative estimate of drug-likeness (QED) is 0.538. The van der Waals surface area contributed by atoms with Crippen LogP contribution in [-0.4, -0.2) is 45.2 Å². The van der Waals surface area contributed by atoms with Gasteiger partial charge in [-0.05, 0) is 55.8 Å². The van der Waals surface area contributed by atoms with E-state index in [1.54, 1.807) is 7.11 Å². The van der Waals surface area contributed by atoms with Crippen LogP contribution >= 0.6 is 0 Å². The summed E-state index contributed by atoms with van der Waals surface area (Å²) in [5, 5.41) is 0. The first kappa shape index (κ1) is 20.3. The monoisotopic (exact) mass is 394 g/mol. The van der Waals surface area contributed by atoms with Crippen molar-refractivity contribution in [1.82, 2.24) is 0 Å². The summed E-state index contributed by atoms with van der Waals surface area (Å²) >= 11 is 0. The molecule has 4 aliphatic rings. The Morgan fingerprint density at radius 2 is 1.75 bits per heavy atom. The Balaban J connectivity index is 1.64. The van der Waals surface area contributed by atoms with E-state index in [1.807, 2.05) is 0 Å². The molecule has 0 aromatic heterocycles. The second-order valence-corrected chi connectivity index (χ2v) is 9.79. The molecule has 0 aromatic rings. The fourth-order valence-electron chi connectivity index (χ4n) is 7.25. The van der Waals surface area contributed by atoms with Gasteiger partial charge in [0.1, 0.15) is 6.29 Å². The molecule has 1 heterocycles. The summed E-state index contributed by atoms with van der Waals surface area (Å²) in [6.45, 7) is 4.79. The molecule has 0 amide bonds. The van der Waals surface area contributed by atoms with Gasteiger partial charge >= 0.3 is 5.97 Å². The normalized spacial score (nSPS) is 47.2. The lowest BCUT2D eigenvalue weighted by atomic mass is 9.49. The number of methoxy groups -OCH3 is 2. The second-order valence-electron chi connectivity index (χ2n) is 9.79. The summed E-state index contributed by atoms with van der Waals surface area (Å²) in [5.74, 6) is -0.586. The van der Waals surface area contributed by atoms with Crippen molar-refractivity contribution in [3.8, 4) is 0 Å². The standard InChI is InChI=1S/C22H34O6/c1-20(8-5-14(25-3)11-18(20)19(24)26-4)16-6-9-21(2)17(15(16)12-23)7-10-22(21)27-13-28-22/h12,14-18H,5-11,13H2,1-4H3/t14-,15+,16-,17-,18+,20+,21-/m0/s1. The Morgan fingerprint density at radius 1 is 1.04 bits per heavy atom. The van der Waals surface area contributed by atoms with Crippen molar-refractivity contribution in [3.05, 3.63) is 0 Å². The lowest BCUT2D eigenvalue weighted by molar-refractivity contribution is -0.436. The molecule has 3 saturated carbocycles. The number of fused-ring (bicyclic) bond motifs is 2. The van der Waals surface area contributed by atoms with Crippen LogP contribution in [0.2, 0.25) is 0 Å². The molecule has 0 aromatic carbocycles. The Labute approximate surface area is 167 Å². The van der Waals surface area contributed by atoms with E-state index in [0.717, 1.165) is 44.8 Å². The van der Waals surface area contributed by atoms with Crippen LogP contribution in [0.4, 0.5) is 0 Å². The molecule has 7 atom stereocenters. The van der Waals surface area contributed by atoms with Gasteiger partial charge in [0.15, 0.2) is 12.6 Å². The van der Waals surface area contributed by atoms with Gasteiger partial charge in [-0.25, -0.2) is 0 Å². The highest BCUT2D eigenvalue weighted by atomic mass is 16.9. The molecule has 28 heavy (non-hydrogen) atoms. The average molecular weight is 395 g/mol. The number of hydrogen-bond acceptors (Lipinski definition) is 6. The van der Waals surface area contributed by atoms with Crippen LogP contribution in [-0.2, 0) is 28.5 Å². The van der Waals surface area contributed by atoms with Crippen LogP contribution in [0.3, 0.4) is 0 Å². The van der Waals surface area contributed by atoms with E-state index in [9.17, 15) is 9.59 Å². The van der Waals surface area contributed by atoms with Crippen molar-refractivity contribution in [1.29, 1.82) is 0 Å². The van der Waals surface area contributed by atoms with Gasteiger partial charge < -0.3 is 23.7 Å². The zero-order valence-corrected chi connectivity index (χ0v) is 17.6. The molecule has 6 heteroatoms. The summed E-state index contributed by atoms with van der Waals surface area (Å²) in [6.07, 6.45) is 7.36. The molecule has 0 bridgehead atoms. The predicted octanol–water partition coefficient (Wildman–Crippen LogP) is 3.32. The minimum Gasteiger partial charge on any atom is -0.469 e. The molecule has 1 spiro atoms. The van der Waals surface area contributed by atoms with Gasteiger partial charge in [-0.1, -0.05) is 13.8 Å². The maximum absolute atomic E-state index is 12.7. The number of esters is 1. The minimum atomic E-state index is -0.500. The van der Waals surface area contributed by atoms with E-state index in [4.69, 9.17) is 18.9 Å². The number of carbonyl (C=O) groups is 2. The van der Waals surface area contributed by atoms with E-state index in [0.29, 0.717) is 13.2 Å². The third kappa shape index (κ3) is 2.63. The zero-order valence-electron chi connectivity index (χ0n) is 17.6. The molecule has 6 nitrogen and oxygen atoms in total. The number of ether oxygens (including phenoxy) is 4. The van der Waals surface area contributed by atoms with Gasteiger partial charge in [-0.15, -0.1) is 0 Å². The first-order valence-electron chi connectivity index (χ1n) is 10.7. The number of hydrogen-bond donors (Lipinski definition) is 0. The molecule has 4 fully saturated rings. The summed E-state index contributed by atoms with van der Waals surface area (Å²) in [4.78, 5) is 25.1. The first-order chi connectivity index (χ1) is 13.3. The average Bonchev–Trinajstić information content (AvgIpc) is 3.00. The lowest BCUT2D eigenvalue weighted by Gasteiger charge is -2.58. The minimum absolute atomic E-state index is 0.0761. The fraction of sp³-hybridized carbons (Fsp3) is 0.909. The summed E-state index contributed by atoms with van der Waals surface area (Å²) in [7, 11) is 3.17. The van der Waals surface area contributed by atoms with Crippen LogP contribution in [0.15, 0.2) is 0 Å². The third-order valence-electron chi connectivity index (χ3n) is 9.08. The van der Waals surface area contributed by atoms with Crippen molar-refractivity contribution in [3.63, 3.8) is 0 Å². The van der Waals surface area contributed by atoms with Crippen LogP contribution in [0, 0.1) is 34.5 Å². The van der Waals surface area contributed by atoms with Crippen molar-refractivity contribution in [2.75, 3.05) is 21.0 Å². The number of rotatable bonds is 4. The Bertz CT molecular complexity index is 631. The maximum Gasteiger partial charge on any atom is 0.309 e. The fourth-order valence-corrected chi connectivity index (χ4v) is 7.25. The largest absolute Gasteiger partial charge is 0.469 e. The SMILES string of the molecule is COC(=O)[C@H]1C[C@@H](OC)CC[C@]1(C)[C@H]1CC[C@@]2(C)[C@@H](CCC23OCO3)[C@@H]1C=O. The van der Waals surface area contributed by atoms with Gasteiger partial charge in [0.05, 0.1) is 19.1 Å². The predicted molar refractivity (Wildman–Crippen MR) is 101 cm³/mol. The molecule has 0 N–H and O–H groups in total. The topological polar surface area (TPSA) is 71.1 Å². The Hall–Kier alpha value is -0.980. The van der Waals surface area contributed by atoms with Crippen molar-refractivity contribution >= 4 is 12.3 Å². The van der Waals surface area contributed by atoms with Gasteiger partial charge in [-0.2, -0.15) is 0 Å². The van der Waals surface area contributed by atoms with E-state index in [1.165, 1.54) is 7.11 Å². The molecule has 3 aliphatic carbocycles. The Morgan fingerprint density at radius 3 is 2.32 bits per heavy atom. The van der Waals surface area contributed by atoms with E-state index in [-0.39, 0.29) is 46.6 Å². The molecule has 1 aliphatic heterocycles. The van der Waals surface area contributed by atoms with E-state index >= 15 is 0 Å². The first-order valence-corrected chi connectivity index (χ1v) is 10.7. The van der Waals surface area contributed by atoms with Gasteiger partial charge in [0.25, 0.3) is 0 Å². The van der Waals surface area contributed by atoms with Crippen LogP contribution in [0.25, 0.3) is 0 Å². The van der Waals surface area contributed by atoms with Crippen molar-refractivity contribution in [2.45, 2.75) is 70.7 Å². The summed E-state index contributed by atoms with van der Waals surface area (Å²) < 4.78 is 22.6. The van der Waals surface area contributed by atoms with E-state index in [2.05, 4.69) is 13.8 Å². The third-order valence-corrected chi connectivity index (χ3v) is 9.08. The maximum atomic E-state index is 12.7. The lowest BCUT2D eigenvalue weighted by Crippen LogP contribution is -2.61. The second kappa shape index (κ2) is 7.06. The molecule has 158 valence electrons. The summed E-state index contributed by atoms with van der Waals surface area (Å²) in [6, 6.07) is 0. The number of carbonyl (C=O) groups excluding carboxylic acids is 2. The smallest absolute Gasteiger partial charge is 0.309 e. The highest BCUT2D eigenvalue weighted by molar-refractivity contribution is 5.73. The zero-order chi connectivity index (χ0) is 20.2. The van der Waals surface area contributed by atoms with Crippen molar-refractivity contribution < 1.29 is 28.5 Å². The van der Waals surface area contributed by atoms with Crippen LogP contribution < -0.4 is 0 Å². The molecule has 1 saturated heterocycles. The van der Waals surface area contributed by atoms with Gasteiger partial charge in [0, 0.05) is 24.9 Å². The van der Waals surface area contributed by atoms with Crippen LogP contribution in [0.5, 0.6) is 0 Å². The molecule has 4 rings (SSSR count). The molecular formula is C22H34O6. The van der Waals surface area contributed by atoms with E-state index < -0.39 is 5.79 Å². The van der Waals surface area contributed by atoms with Crippen molar-refractivity contribution in [2.24, 2.45) is 34.5 Å². The highest BCUT2D eigenvalue weighted by Crippen LogP contribution is 2.67. The van der Waals surface area contributed by atoms with Gasteiger partial charge in [0.2, 0.25) is 0 Å². The number of aldehydes is 1. The molecular weight excluding hydrogens is 360 g/mol. The molecule has 0 unspecified atom stereocenters. The Kier molecular flexibility index (Phi) is 5.12. The van der Waals surface area contributed by atoms with Gasteiger partial charge in [-0.3, -0.25) is 4.79 Å².